The Morgan fingerprint density at radius 1 is 1.10 bits per heavy atom. The van der Waals surface area contributed by atoms with Crippen LogP contribution in [0, 0.1) is 6.92 Å². The molecule has 1 N–H and O–H groups in total. The Labute approximate surface area is 192 Å². The van der Waals surface area contributed by atoms with Crippen LogP contribution in [0.25, 0.3) is 0 Å². The lowest BCUT2D eigenvalue weighted by atomic mass is 10.1. The lowest BCUT2D eigenvalue weighted by Gasteiger charge is -2.30. The summed E-state index contributed by atoms with van der Waals surface area (Å²) < 4.78 is 1.04. The number of benzene rings is 2. The third-order valence-corrected chi connectivity index (χ3v) is 6.69. The van der Waals surface area contributed by atoms with E-state index in [1.165, 1.54) is 5.56 Å². The molecule has 2 aromatic rings. The van der Waals surface area contributed by atoms with Crippen molar-refractivity contribution >= 4 is 39.5 Å². The lowest BCUT2D eigenvalue weighted by molar-refractivity contribution is -0.138. The quantitative estimate of drug-likeness (QED) is 0.489. The molecule has 0 aliphatic rings. The van der Waals surface area contributed by atoms with E-state index in [1.807, 2.05) is 64.1 Å². The van der Waals surface area contributed by atoms with E-state index in [9.17, 15) is 9.59 Å². The molecular weight excluding hydrogens is 460 g/mol. The fourth-order valence-corrected chi connectivity index (χ4v) is 4.07. The molecular formula is C24H31BrN2O2S. The molecule has 0 saturated carbocycles. The van der Waals surface area contributed by atoms with E-state index in [1.54, 1.807) is 16.7 Å². The maximum Gasteiger partial charge on any atom is 0.242 e. The molecule has 0 unspecified atom stereocenters. The van der Waals surface area contributed by atoms with Crippen LogP contribution in [0.5, 0.6) is 0 Å². The Bertz CT molecular complexity index is 841. The number of aryl methyl sites for hydroxylation is 1. The summed E-state index contributed by atoms with van der Waals surface area (Å²) in [5, 5.41) is 3.01. The highest BCUT2D eigenvalue weighted by molar-refractivity contribution is 9.10. The van der Waals surface area contributed by atoms with Gasteiger partial charge in [0.05, 0.1) is 5.75 Å². The van der Waals surface area contributed by atoms with Crippen molar-refractivity contribution in [2.45, 2.75) is 58.5 Å². The first-order valence-electron chi connectivity index (χ1n) is 10.3. The summed E-state index contributed by atoms with van der Waals surface area (Å²) in [5.74, 6) is 0.962. The van der Waals surface area contributed by atoms with Crippen LogP contribution < -0.4 is 5.32 Å². The maximum absolute atomic E-state index is 13.1. The van der Waals surface area contributed by atoms with Crippen molar-refractivity contribution in [1.82, 2.24) is 10.2 Å². The number of thioether (sulfide) groups is 1. The van der Waals surface area contributed by atoms with Crippen LogP contribution in [0.3, 0.4) is 0 Å². The molecule has 2 aromatic carbocycles. The summed E-state index contributed by atoms with van der Waals surface area (Å²) >= 11 is 5.01. The van der Waals surface area contributed by atoms with E-state index in [2.05, 4.69) is 33.4 Å². The van der Waals surface area contributed by atoms with Gasteiger partial charge in [0.2, 0.25) is 11.8 Å². The summed E-state index contributed by atoms with van der Waals surface area (Å²) in [5.41, 5.74) is 3.35. The molecule has 6 heteroatoms. The van der Waals surface area contributed by atoms with Crippen LogP contribution in [-0.4, -0.2) is 34.6 Å². The summed E-state index contributed by atoms with van der Waals surface area (Å²) in [7, 11) is 0. The molecule has 0 aromatic heterocycles. The van der Waals surface area contributed by atoms with Gasteiger partial charge in [-0.3, -0.25) is 9.59 Å². The standard InChI is InChI=1S/C24H31BrN2O2S/c1-5-18(3)26-24(29)19(4)27(14-21-9-7-6-8-17(21)2)23(28)16-30-15-20-10-12-22(25)13-11-20/h6-13,18-19H,5,14-16H2,1-4H3,(H,26,29)/t18-,19+/m0/s1. The average molecular weight is 491 g/mol. The summed E-state index contributed by atoms with van der Waals surface area (Å²) in [6.45, 7) is 8.29. The molecule has 0 aliphatic heterocycles. The molecule has 0 radical (unpaired) electrons. The molecule has 0 saturated heterocycles. The van der Waals surface area contributed by atoms with Crippen LogP contribution in [-0.2, 0) is 21.9 Å². The minimum absolute atomic E-state index is 0.0211. The number of nitrogens with zero attached hydrogens (tertiary/aromatic N) is 1. The Kier molecular flexibility index (Phi) is 9.92. The van der Waals surface area contributed by atoms with E-state index < -0.39 is 6.04 Å². The number of amides is 2. The van der Waals surface area contributed by atoms with Crippen molar-refractivity contribution in [3.63, 3.8) is 0 Å². The van der Waals surface area contributed by atoms with Crippen molar-refractivity contribution < 1.29 is 9.59 Å². The zero-order valence-corrected chi connectivity index (χ0v) is 20.6. The maximum atomic E-state index is 13.1. The third-order valence-electron chi connectivity index (χ3n) is 5.18. The molecule has 2 rings (SSSR count). The van der Waals surface area contributed by atoms with Gasteiger partial charge in [-0.1, -0.05) is 59.3 Å². The van der Waals surface area contributed by atoms with E-state index in [4.69, 9.17) is 0 Å². The van der Waals surface area contributed by atoms with Crippen molar-refractivity contribution in [2.24, 2.45) is 0 Å². The van der Waals surface area contributed by atoms with Crippen LogP contribution >= 0.6 is 27.7 Å². The molecule has 162 valence electrons. The monoisotopic (exact) mass is 490 g/mol. The second kappa shape index (κ2) is 12.2. The van der Waals surface area contributed by atoms with Gasteiger partial charge in [-0.25, -0.2) is 0 Å². The van der Waals surface area contributed by atoms with Crippen molar-refractivity contribution in [3.05, 3.63) is 69.7 Å². The molecule has 0 bridgehead atoms. The molecule has 30 heavy (non-hydrogen) atoms. The molecule has 2 amide bonds. The van der Waals surface area contributed by atoms with Gasteiger partial charge in [-0.05, 0) is 56.0 Å². The normalized spacial score (nSPS) is 12.8. The molecule has 0 aliphatic carbocycles. The van der Waals surface area contributed by atoms with Gasteiger partial charge >= 0.3 is 0 Å². The first-order valence-corrected chi connectivity index (χ1v) is 12.2. The van der Waals surface area contributed by atoms with Crippen molar-refractivity contribution in [3.8, 4) is 0 Å². The molecule has 2 atom stereocenters. The van der Waals surface area contributed by atoms with Crippen molar-refractivity contribution in [2.75, 3.05) is 5.75 Å². The zero-order chi connectivity index (χ0) is 22.1. The van der Waals surface area contributed by atoms with E-state index in [0.29, 0.717) is 12.3 Å². The summed E-state index contributed by atoms with van der Waals surface area (Å²) in [4.78, 5) is 27.6. The third kappa shape index (κ3) is 7.47. The van der Waals surface area contributed by atoms with Crippen molar-refractivity contribution in [1.29, 1.82) is 0 Å². The number of hydrogen-bond donors (Lipinski definition) is 1. The van der Waals surface area contributed by atoms with Gasteiger partial charge in [0.15, 0.2) is 0 Å². The van der Waals surface area contributed by atoms with E-state index in [-0.39, 0.29) is 17.9 Å². The first kappa shape index (κ1) is 24.5. The fourth-order valence-electron chi connectivity index (χ4n) is 2.94. The molecule has 4 nitrogen and oxygen atoms in total. The minimum atomic E-state index is -0.528. The van der Waals surface area contributed by atoms with Gasteiger partial charge in [0.1, 0.15) is 6.04 Å². The van der Waals surface area contributed by atoms with Crippen LogP contribution in [0.2, 0.25) is 0 Å². The number of halogens is 1. The van der Waals surface area contributed by atoms with Gasteiger partial charge in [0.25, 0.3) is 0 Å². The number of rotatable bonds is 10. The SMILES string of the molecule is CC[C@H](C)NC(=O)[C@@H](C)N(Cc1ccccc1C)C(=O)CSCc1ccc(Br)cc1. The minimum Gasteiger partial charge on any atom is -0.352 e. The van der Waals surface area contributed by atoms with Crippen LogP contribution in [0.1, 0.15) is 43.9 Å². The highest BCUT2D eigenvalue weighted by Gasteiger charge is 2.27. The van der Waals surface area contributed by atoms with Crippen LogP contribution in [0.15, 0.2) is 53.0 Å². The van der Waals surface area contributed by atoms with Gasteiger partial charge in [0, 0.05) is 22.8 Å². The molecule has 0 heterocycles. The first-order chi connectivity index (χ1) is 14.3. The Morgan fingerprint density at radius 2 is 1.77 bits per heavy atom. The summed E-state index contributed by atoms with van der Waals surface area (Å²) in [6, 6.07) is 15.7. The molecule has 0 fully saturated rings. The highest BCUT2D eigenvalue weighted by atomic mass is 79.9. The average Bonchev–Trinajstić information content (AvgIpc) is 2.73. The van der Waals surface area contributed by atoms with Gasteiger partial charge in [-0.15, -0.1) is 11.8 Å². The van der Waals surface area contributed by atoms with E-state index in [0.717, 1.165) is 27.8 Å². The van der Waals surface area contributed by atoms with Gasteiger partial charge in [-0.2, -0.15) is 0 Å². The second-order valence-electron chi connectivity index (χ2n) is 7.56. The fraction of sp³-hybridized carbons (Fsp3) is 0.417. The number of nitrogens with one attached hydrogen (secondary N) is 1. The lowest BCUT2D eigenvalue weighted by Crippen LogP contribution is -2.50. The number of hydrogen-bond acceptors (Lipinski definition) is 3. The Balaban J connectivity index is 2.08. The van der Waals surface area contributed by atoms with Crippen LogP contribution in [0.4, 0.5) is 0 Å². The number of carbonyl (C=O) groups is 2. The second-order valence-corrected chi connectivity index (χ2v) is 9.46. The van der Waals surface area contributed by atoms with Gasteiger partial charge < -0.3 is 10.2 Å². The predicted molar refractivity (Wildman–Crippen MR) is 129 cm³/mol. The number of carbonyl (C=O) groups excluding carboxylic acids is 2. The topological polar surface area (TPSA) is 49.4 Å². The largest absolute Gasteiger partial charge is 0.352 e. The highest BCUT2D eigenvalue weighted by Crippen LogP contribution is 2.19. The summed E-state index contributed by atoms with van der Waals surface area (Å²) in [6.07, 6.45) is 0.854. The van der Waals surface area contributed by atoms with E-state index >= 15 is 0 Å². The predicted octanol–water partition coefficient (Wildman–Crippen LogP) is 5.32. The Morgan fingerprint density at radius 3 is 2.40 bits per heavy atom. The molecule has 0 spiro atoms. The zero-order valence-electron chi connectivity index (χ0n) is 18.2. The Hall–Kier alpha value is -1.79. The smallest absolute Gasteiger partial charge is 0.242 e.